The third kappa shape index (κ3) is 6.59. The summed E-state index contributed by atoms with van der Waals surface area (Å²) in [5, 5.41) is 6.22. The molecule has 8 nitrogen and oxygen atoms in total. The number of carbonyl (C=O) groups excluding carboxylic acids is 3. The Morgan fingerprint density at radius 3 is 2.59 bits per heavy atom. The summed E-state index contributed by atoms with van der Waals surface area (Å²) in [5.74, 6) is 0.124. The van der Waals surface area contributed by atoms with Crippen molar-refractivity contribution in [3.05, 3.63) is 82.9 Å². The van der Waals surface area contributed by atoms with Crippen LogP contribution in [0.5, 0.6) is 11.5 Å². The lowest BCUT2D eigenvalue weighted by Gasteiger charge is -2.17. The Hall–Kier alpha value is -4.04. The SMILES string of the molecule is COc1ccccc1CNC(=O)[C@@H]1CC(=O)N(c2ccc(OCC(=O)Nc3cc(Cl)ccc3C)cc2)C1. The molecule has 9 heteroatoms. The Balaban J connectivity index is 1.28. The molecule has 0 saturated carbocycles. The molecule has 1 atom stereocenters. The van der Waals surface area contributed by atoms with Crippen molar-refractivity contribution in [2.24, 2.45) is 5.92 Å². The predicted octanol–water partition coefficient (Wildman–Crippen LogP) is 4.34. The van der Waals surface area contributed by atoms with Gasteiger partial charge in [-0.05, 0) is 55.0 Å². The zero-order valence-corrected chi connectivity index (χ0v) is 21.4. The van der Waals surface area contributed by atoms with Crippen LogP contribution in [0.3, 0.4) is 0 Å². The number of nitrogens with zero attached hydrogens (tertiary/aromatic N) is 1. The lowest BCUT2D eigenvalue weighted by Crippen LogP contribution is -2.32. The first-order valence-electron chi connectivity index (χ1n) is 11.8. The number of methoxy groups -OCH3 is 1. The van der Waals surface area contributed by atoms with Crippen molar-refractivity contribution in [2.45, 2.75) is 19.9 Å². The summed E-state index contributed by atoms with van der Waals surface area (Å²) in [5.41, 5.74) is 3.05. The fourth-order valence-electron chi connectivity index (χ4n) is 4.09. The highest BCUT2D eigenvalue weighted by atomic mass is 35.5. The van der Waals surface area contributed by atoms with Crippen LogP contribution >= 0.6 is 11.6 Å². The van der Waals surface area contributed by atoms with E-state index in [4.69, 9.17) is 21.1 Å². The van der Waals surface area contributed by atoms with Gasteiger partial charge >= 0.3 is 0 Å². The minimum absolute atomic E-state index is 0.123. The second-order valence-electron chi connectivity index (χ2n) is 8.73. The fourth-order valence-corrected chi connectivity index (χ4v) is 4.27. The lowest BCUT2D eigenvalue weighted by molar-refractivity contribution is -0.126. The lowest BCUT2D eigenvalue weighted by atomic mass is 10.1. The van der Waals surface area contributed by atoms with Crippen LogP contribution in [0.1, 0.15) is 17.5 Å². The van der Waals surface area contributed by atoms with Crippen LogP contribution in [-0.4, -0.2) is 38.0 Å². The second-order valence-corrected chi connectivity index (χ2v) is 9.16. The van der Waals surface area contributed by atoms with Gasteiger partial charge in [0.1, 0.15) is 11.5 Å². The van der Waals surface area contributed by atoms with Gasteiger partial charge in [0.2, 0.25) is 11.8 Å². The molecule has 4 rings (SSSR count). The van der Waals surface area contributed by atoms with E-state index in [1.54, 1.807) is 48.4 Å². The normalized spacial score (nSPS) is 14.8. The van der Waals surface area contributed by atoms with E-state index in [2.05, 4.69) is 10.6 Å². The summed E-state index contributed by atoms with van der Waals surface area (Å²) in [6.45, 7) is 2.31. The van der Waals surface area contributed by atoms with Gasteiger partial charge in [-0.2, -0.15) is 0 Å². The number of carbonyl (C=O) groups is 3. The third-order valence-corrected chi connectivity index (χ3v) is 6.37. The van der Waals surface area contributed by atoms with Gasteiger partial charge in [0.25, 0.3) is 5.91 Å². The van der Waals surface area contributed by atoms with E-state index < -0.39 is 5.92 Å². The van der Waals surface area contributed by atoms with Gasteiger partial charge in [-0.15, -0.1) is 0 Å². The highest BCUT2D eigenvalue weighted by Gasteiger charge is 2.35. The van der Waals surface area contributed by atoms with E-state index in [-0.39, 0.29) is 37.3 Å². The molecular formula is C28H28ClN3O5. The molecule has 0 radical (unpaired) electrons. The van der Waals surface area contributed by atoms with Crippen LogP contribution in [-0.2, 0) is 20.9 Å². The number of rotatable bonds is 9. The monoisotopic (exact) mass is 521 g/mol. The summed E-state index contributed by atoms with van der Waals surface area (Å²) in [4.78, 5) is 39.2. The smallest absolute Gasteiger partial charge is 0.262 e. The van der Waals surface area contributed by atoms with Gasteiger partial charge in [0.05, 0.1) is 13.0 Å². The Morgan fingerprint density at radius 2 is 1.84 bits per heavy atom. The Morgan fingerprint density at radius 1 is 1.08 bits per heavy atom. The second kappa shape index (κ2) is 11.8. The zero-order valence-electron chi connectivity index (χ0n) is 20.6. The molecule has 37 heavy (non-hydrogen) atoms. The zero-order chi connectivity index (χ0) is 26.4. The summed E-state index contributed by atoms with van der Waals surface area (Å²) in [6.07, 6.45) is 0.138. The molecular weight excluding hydrogens is 494 g/mol. The topological polar surface area (TPSA) is 97.0 Å². The molecule has 0 aromatic heterocycles. The van der Waals surface area contributed by atoms with E-state index >= 15 is 0 Å². The molecule has 3 aromatic rings. The summed E-state index contributed by atoms with van der Waals surface area (Å²) < 4.78 is 10.9. The standard InChI is InChI=1S/C28H28ClN3O5/c1-18-7-8-21(29)14-24(18)31-26(33)17-37-23-11-9-22(10-12-23)32-16-20(13-27(32)34)28(35)30-15-19-5-3-4-6-25(19)36-2/h3-12,14,20H,13,15-17H2,1-2H3,(H,30,35)(H,31,33)/t20-/m1/s1. The van der Waals surface area contributed by atoms with Gasteiger partial charge in [-0.3, -0.25) is 14.4 Å². The van der Waals surface area contributed by atoms with Crippen LogP contribution in [0.2, 0.25) is 5.02 Å². The van der Waals surface area contributed by atoms with Gasteiger partial charge in [0, 0.05) is 41.5 Å². The first-order valence-corrected chi connectivity index (χ1v) is 12.2. The van der Waals surface area contributed by atoms with Crippen LogP contribution in [0.25, 0.3) is 0 Å². The van der Waals surface area contributed by atoms with Crippen molar-refractivity contribution in [3.63, 3.8) is 0 Å². The van der Waals surface area contributed by atoms with Crippen LogP contribution in [0, 0.1) is 12.8 Å². The van der Waals surface area contributed by atoms with Gasteiger partial charge in [-0.1, -0.05) is 35.9 Å². The molecule has 0 aliphatic carbocycles. The number of hydrogen-bond acceptors (Lipinski definition) is 5. The van der Waals surface area contributed by atoms with E-state index in [0.29, 0.717) is 34.4 Å². The van der Waals surface area contributed by atoms with E-state index in [1.807, 2.05) is 37.3 Å². The molecule has 2 N–H and O–H groups in total. The average molecular weight is 522 g/mol. The number of anilines is 2. The molecule has 1 aliphatic heterocycles. The van der Waals surface area contributed by atoms with E-state index in [9.17, 15) is 14.4 Å². The van der Waals surface area contributed by atoms with Gasteiger partial charge in [-0.25, -0.2) is 0 Å². The minimum atomic E-state index is -0.447. The number of hydrogen-bond donors (Lipinski definition) is 2. The highest BCUT2D eigenvalue weighted by Crippen LogP contribution is 2.27. The molecule has 3 aromatic carbocycles. The Bertz CT molecular complexity index is 1300. The van der Waals surface area contributed by atoms with Crippen molar-refractivity contribution in [3.8, 4) is 11.5 Å². The number of para-hydroxylation sites is 1. The third-order valence-electron chi connectivity index (χ3n) is 6.13. The number of amides is 3. The molecule has 0 spiro atoms. The predicted molar refractivity (Wildman–Crippen MR) is 142 cm³/mol. The molecule has 0 bridgehead atoms. The first-order chi connectivity index (χ1) is 17.8. The molecule has 192 valence electrons. The molecule has 3 amide bonds. The molecule has 1 saturated heterocycles. The Labute approximate surface area is 220 Å². The van der Waals surface area contributed by atoms with Crippen molar-refractivity contribution in [1.29, 1.82) is 0 Å². The maximum absolute atomic E-state index is 12.7. The van der Waals surface area contributed by atoms with Crippen molar-refractivity contribution in [1.82, 2.24) is 5.32 Å². The molecule has 1 heterocycles. The largest absolute Gasteiger partial charge is 0.496 e. The average Bonchev–Trinajstić information content (AvgIpc) is 3.30. The molecule has 0 unspecified atom stereocenters. The number of ether oxygens (including phenoxy) is 2. The molecule has 1 aliphatic rings. The Kier molecular flexibility index (Phi) is 8.30. The summed E-state index contributed by atoms with van der Waals surface area (Å²) in [7, 11) is 1.58. The maximum Gasteiger partial charge on any atom is 0.262 e. The van der Waals surface area contributed by atoms with Gasteiger partial charge < -0.3 is 25.0 Å². The summed E-state index contributed by atoms with van der Waals surface area (Å²) >= 11 is 5.99. The highest BCUT2D eigenvalue weighted by molar-refractivity contribution is 6.31. The minimum Gasteiger partial charge on any atom is -0.496 e. The number of halogens is 1. The first kappa shape index (κ1) is 26.0. The van der Waals surface area contributed by atoms with Crippen molar-refractivity contribution >= 4 is 40.7 Å². The number of nitrogens with one attached hydrogen (secondary N) is 2. The van der Waals surface area contributed by atoms with E-state index in [1.165, 1.54) is 0 Å². The van der Waals surface area contributed by atoms with Crippen molar-refractivity contribution in [2.75, 3.05) is 30.5 Å². The summed E-state index contributed by atoms with van der Waals surface area (Å²) in [6, 6.07) is 19.6. The number of aryl methyl sites for hydroxylation is 1. The quantitative estimate of drug-likeness (QED) is 0.436. The van der Waals surface area contributed by atoms with Crippen LogP contribution < -0.4 is 25.0 Å². The van der Waals surface area contributed by atoms with E-state index in [0.717, 1.165) is 11.1 Å². The fraction of sp³-hybridized carbons (Fsp3) is 0.250. The van der Waals surface area contributed by atoms with Crippen LogP contribution in [0.4, 0.5) is 11.4 Å². The van der Waals surface area contributed by atoms with Gasteiger partial charge in [0.15, 0.2) is 6.61 Å². The maximum atomic E-state index is 12.7. The number of benzene rings is 3. The van der Waals surface area contributed by atoms with Crippen LogP contribution in [0.15, 0.2) is 66.7 Å². The van der Waals surface area contributed by atoms with Crippen molar-refractivity contribution < 1.29 is 23.9 Å². The molecule has 1 fully saturated rings.